The van der Waals surface area contributed by atoms with Crippen molar-refractivity contribution in [2.24, 2.45) is 0 Å². The first-order valence-electron chi connectivity index (χ1n) is 14.8. The van der Waals surface area contributed by atoms with Crippen molar-refractivity contribution in [3.8, 4) is 33.4 Å². The zero-order chi connectivity index (χ0) is 28.3. The summed E-state index contributed by atoms with van der Waals surface area (Å²) < 4.78 is 6.33. The fourth-order valence-corrected chi connectivity index (χ4v) is 6.91. The van der Waals surface area contributed by atoms with Gasteiger partial charge in [0.05, 0.1) is 0 Å². The standard InChI is InChI=1S/C42H26O/c1-2-11-27(12-3-1)29-22-21-28-13-10-19-37(38(28)25-29)42-35-17-6-4-15-33(35)41(34-16-5-7-18-36(34)42)30-23-24-32-31-14-8-9-20-39(31)43-40(32)26-30/h1-26H. The Hall–Kier alpha value is -5.66. The number of fused-ring (bicyclic) bond motifs is 6. The summed E-state index contributed by atoms with van der Waals surface area (Å²) in [5, 5.41) is 9.78. The summed E-state index contributed by atoms with van der Waals surface area (Å²) in [6.07, 6.45) is 0. The van der Waals surface area contributed by atoms with Crippen LogP contribution in [0.4, 0.5) is 0 Å². The van der Waals surface area contributed by atoms with Gasteiger partial charge in [-0.05, 0) is 90.0 Å². The minimum absolute atomic E-state index is 0.915. The lowest BCUT2D eigenvalue weighted by atomic mass is 9.84. The highest BCUT2D eigenvalue weighted by atomic mass is 16.3. The van der Waals surface area contributed by atoms with Crippen LogP contribution in [0.1, 0.15) is 0 Å². The molecule has 9 aromatic rings. The van der Waals surface area contributed by atoms with Crippen molar-refractivity contribution >= 4 is 54.3 Å². The first-order chi connectivity index (χ1) is 21.3. The van der Waals surface area contributed by atoms with Crippen molar-refractivity contribution in [2.75, 3.05) is 0 Å². The van der Waals surface area contributed by atoms with Gasteiger partial charge in [0.25, 0.3) is 0 Å². The third-order valence-corrected chi connectivity index (χ3v) is 8.86. The zero-order valence-corrected chi connectivity index (χ0v) is 23.4. The molecule has 0 aliphatic heterocycles. The van der Waals surface area contributed by atoms with Crippen LogP contribution in [0.3, 0.4) is 0 Å². The summed E-state index contributed by atoms with van der Waals surface area (Å²) in [6, 6.07) is 56.8. The van der Waals surface area contributed by atoms with Gasteiger partial charge < -0.3 is 4.42 Å². The molecule has 0 atom stereocenters. The van der Waals surface area contributed by atoms with Gasteiger partial charge >= 0.3 is 0 Å². The number of furan rings is 1. The van der Waals surface area contributed by atoms with Gasteiger partial charge in [-0.15, -0.1) is 0 Å². The predicted molar refractivity (Wildman–Crippen MR) is 183 cm³/mol. The van der Waals surface area contributed by atoms with E-state index in [2.05, 4.69) is 146 Å². The Morgan fingerprint density at radius 3 is 1.65 bits per heavy atom. The summed E-state index contributed by atoms with van der Waals surface area (Å²) in [6.45, 7) is 0. The van der Waals surface area contributed by atoms with E-state index in [1.54, 1.807) is 0 Å². The molecule has 0 aliphatic carbocycles. The van der Waals surface area contributed by atoms with Gasteiger partial charge in [0.15, 0.2) is 0 Å². The largest absolute Gasteiger partial charge is 0.456 e. The summed E-state index contributed by atoms with van der Waals surface area (Å²) in [5.41, 5.74) is 9.22. The molecule has 1 nitrogen and oxygen atoms in total. The molecule has 0 aliphatic rings. The van der Waals surface area contributed by atoms with Crippen LogP contribution in [0.5, 0.6) is 0 Å². The molecule has 0 saturated carbocycles. The van der Waals surface area contributed by atoms with Crippen LogP contribution in [0, 0.1) is 0 Å². The Bertz CT molecular complexity index is 2440. The number of rotatable bonds is 3. The maximum atomic E-state index is 6.33. The molecular weight excluding hydrogens is 520 g/mol. The van der Waals surface area contributed by atoms with Crippen LogP contribution in [0.25, 0.3) is 87.6 Å². The van der Waals surface area contributed by atoms with Crippen LogP contribution in [0.2, 0.25) is 0 Å². The number of hydrogen-bond donors (Lipinski definition) is 0. The lowest BCUT2D eigenvalue weighted by Gasteiger charge is -2.19. The molecule has 43 heavy (non-hydrogen) atoms. The van der Waals surface area contributed by atoms with Crippen LogP contribution < -0.4 is 0 Å². The summed E-state index contributed by atoms with van der Waals surface area (Å²) >= 11 is 0. The lowest BCUT2D eigenvalue weighted by Crippen LogP contribution is -1.92. The Morgan fingerprint density at radius 2 is 0.907 bits per heavy atom. The third kappa shape index (κ3) is 3.72. The van der Waals surface area contributed by atoms with Crippen molar-refractivity contribution in [3.63, 3.8) is 0 Å². The third-order valence-electron chi connectivity index (χ3n) is 8.86. The van der Waals surface area contributed by atoms with Crippen LogP contribution in [-0.4, -0.2) is 0 Å². The summed E-state index contributed by atoms with van der Waals surface area (Å²) in [7, 11) is 0. The Morgan fingerprint density at radius 1 is 0.302 bits per heavy atom. The average Bonchev–Trinajstić information content (AvgIpc) is 3.45. The van der Waals surface area contributed by atoms with E-state index in [-0.39, 0.29) is 0 Å². The molecule has 0 saturated heterocycles. The smallest absolute Gasteiger partial charge is 0.136 e. The Kier molecular flexibility index (Phi) is 5.27. The fourth-order valence-electron chi connectivity index (χ4n) is 6.91. The first kappa shape index (κ1) is 24.0. The van der Waals surface area contributed by atoms with Crippen molar-refractivity contribution in [1.29, 1.82) is 0 Å². The molecule has 0 amide bonds. The molecule has 0 spiro atoms. The second kappa shape index (κ2) is 9.44. The van der Waals surface area contributed by atoms with Gasteiger partial charge in [0.1, 0.15) is 11.2 Å². The highest BCUT2D eigenvalue weighted by Gasteiger charge is 2.19. The summed E-state index contributed by atoms with van der Waals surface area (Å²) in [5.74, 6) is 0. The molecule has 1 heteroatoms. The van der Waals surface area contributed by atoms with Gasteiger partial charge in [0.2, 0.25) is 0 Å². The van der Waals surface area contributed by atoms with Gasteiger partial charge in [0, 0.05) is 10.8 Å². The zero-order valence-electron chi connectivity index (χ0n) is 23.4. The van der Waals surface area contributed by atoms with E-state index >= 15 is 0 Å². The van der Waals surface area contributed by atoms with Crippen LogP contribution >= 0.6 is 0 Å². The second-order valence-corrected chi connectivity index (χ2v) is 11.3. The molecule has 0 bridgehead atoms. The molecular formula is C42H26O. The highest BCUT2D eigenvalue weighted by molar-refractivity contribution is 6.24. The predicted octanol–water partition coefficient (Wildman–Crippen LogP) is 12.0. The minimum atomic E-state index is 0.915. The molecule has 0 N–H and O–H groups in total. The van der Waals surface area contributed by atoms with E-state index in [9.17, 15) is 0 Å². The molecule has 8 aromatic carbocycles. The molecule has 0 fully saturated rings. The Labute approximate surface area is 249 Å². The van der Waals surface area contributed by atoms with Gasteiger partial charge in [-0.1, -0.05) is 133 Å². The first-order valence-corrected chi connectivity index (χ1v) is 14.8. The monoisotopic (exact) mass is 546 g/mol. The van der Waals surface area contributed by atoms with Crippen LogP contribution in [-0.2, 0) is 0 Å². The van der Waals surface area contributed by atoms with Crippen LogP contribution in [0.15, 0.2) is 162 Å². The maximum absolute atomic E-state index is 6.33. The van der Waals surface area contributed by atoms with E-state index < -0.39 is 0 Å². The van der Waals surface area contributed by atoms with Gasteiger partial charge in [-0.2, -0.15) is 0 Å². The maximum Gasteiger partial charge on any atom is 0.136 e. The van der Waals surface area contributed by atoms with Crippen molar-refractivity contribution in [1.82, 2.24) is 0 Å². The summed E-state index contributed by atoms with van der Waals surface area (Å²) in [4.78, 5) is 0. The molecule has 1 heterocycles. The highest BCUT2D eigenvalue weighted by Crippen LogP contribution is 2.46. The topological polar surface area (TPSA) is 13.1 Å². The number of para-hydroxylation sites is 1. The SMILES string of the molecule is c1ccc(-c2ccc3cccc(-c4c5ccccc5c(-c5ccc6c(c5)oc5ccccc56)c5ccccc45)c3c2)cc1. The van der Waals surface area contributed by atoms with E-state index in [1.807, 2.05) is 12.1 Å². The van der Waals surface area contributed by atoms with E-state index in [1.165, 1.54) is 60.1 Å². The fraction of sp³-hybridized carbons (Fsp3) is 0. The minimum Gasteiger partial charge on any atom is -0.456 e. The quantitative estimate of drug-likeness (QED) is 0.201. The van der Waals surface area contributed by atoms with E-state index in [0.29, 0.717) is 0 Å². The lowest BCUT2D eigenvalue weighted by molar-refractivity contribution is 0.669. The van der Waals surface area contributed by atoms with Crippen molar-refractivity contribution < 1.29 is 4.42 Å². The molecule has 200 valence electrons. The van der Waals surface area contributed by atoms with Gasteiger partial charge in [-0.3, -0.25) is 0 Å². The molecule has 9 rings (SSSR count). The second-order valence-electron chi connectivity index (χ2n) is 11.3. The molecule has 1 aromatic heterocycles. The average molecular weight is 547 g/mol. The number of benzene rings is 8. The van der Waals surface area contributed by atoms with Gasteiger partial charge in [-0.25, -0.2) is 0 Å². The normalized spacial score (nSPS) is 11.7. The number of hydrogen-bond acceptors (Lipinski definition) is 1. The van der Waals surface area contributed by atoms with Crippen molar-refractivity contribution in [2.45, 2.75) is 0 Å². The van der Waals surface area contributed by atoms with E-state index in [4.69, 9.17) is 4.42 Å². The van der Waals surface area contributed by atoms with Crippen molar-refractivity contribution in [3.05, 3.63) is 158 Å². The Balaban J connectivity index is 1.36. The molecule has 0 radical (unpaired) electrons. The van der Waals surface area contributed by atoms with E-state index in [0.717, 1.165) is 27.5 Å². The molecule has 0 unspecified atom stereocenters.